The number of rotatable bonds is 5. The topological polar surface area (TPSA) is 44.4 Å². The second-order valence-corrected chi connectivity index (χ2v) is 5.86. The van der Waals surface area contributed by atoms with Crippen LogP contribution in [0.3, 0.4) is 0 Å². The third-order valence-corrected chi connectivity index (χ3v) is 3.93. The largest absolute Gasteiger partial charge is 0.337 e. The van der Waals surface area contributed by atoms with Crippen LogP contribution in [0.4, 0.5) is 4.79 Å². The minimum Gasteiger partial charge on any atom is -0.337 e. The average Bonchev–Trinajstić information content (AvgIpc) is 2.37. The van der Waals surface area contributed by atoms with Crippen molar-refractivity contribution in [3.8, 4) is 0 Å². The molecule has 0 bridgehead atoms. The van der Waals surface area contributed by atoms with Crippen molar-refractivity contribution in [2.24, 2.45) is 0 Å². The number of nitrogens with zero attached hydrogens (tertiary/aromatic N) is 1. The van der Waals surface area contributed by atoms with Crippen LogP contribution in [0.2, 0.25) is 0 Å². The minimum absolute atomic E-state index is 0.0297. The second-order valence-electron chi connectivity index (χ2n) is 5.86. The number of benzene rings is 1. The van der Waals surface area contributed by atoms with Gasteiger partial charge < -0.3 is 15.5 Å². The molecule has 0 spiro atoms. The molecule has 0 heterocycles. The Morgan fingerprint density at radius 2 is 1.85 bits per heavy atom. The van der Waals surface area contributed by atoms with Crippen molar-refractivity contribution in [1.29, 1.82) is 0 Å². The first-order valence-corrected chi connectivity index (χ1v) is 7.31. The number of carbonyl (C=O) groups excluding carboxylic acids is 1. The van der Waals surface area contributed by atoms with Crippen LogP contribution in [0.5, 0.6) is 0 Å². The van der Waals surface area contributed by atoms with E-state index in [2.05, 4.69) is 41.8 Å². The fourth-order valence-electron chi connectivity index (χ4n) is 2.50. The van der Waals surface area contributed by atoms with Crippen molar-refractivity contribution < 1.29 is 4.79 Å². The molecule has 1 aliphatic carbocycles. The number of urea groups is 1. The van der Waals surface area contributed by atoms with Crippen LogP contribution < -0.4 is 10.6 Å². The maximum atomic E-state index is 11.3. The zero-order valence-electron chi connectivity index (χ0n) is 12.6. The summed E-state index contributed by atoms with van der Waals surface area (Å²) in [6.45, 7) is 3.64. The number of hydrogen-bond acceptors (Lipinski definition) is 2. The highest BCUT2D eigenvalue weighted by Gasteiger charge is 2.29. The normalized spacial score (nSPS) is 21.1. The molecule has 4 heteroatoms. The molecule has 0 aromatic heterocycles. The molecular weight excluding hydrogens is 250 g/mol. The third kappa shape index (κ3) is 3.97. The summed E-state index contributed by atoms with van der Waals surface area (Å²) in [6, 6.07) is 9.43. The molecular formula is C16H25N3O. The second kappa shape index (κ2) is 6.75. The molecule has 1 saturated carbocycles. The maximum Gasteiger partial charge on any atom is 0.316 e. The highest BCUT2D eigenvalue weighted by atomic mass is 16.2. The van der Waals surface area contributed by atoms with E-state index in [1.807, 2.05) is 0 Å². The highest BCUT2D eigenvalue weighted by Crippen LogP contribution is 2.36. The van der Waals surface area contributed by atoms with Crippen LogP contribution in [0.25, 0.3) is 0 Å². The summed E-state index contributed by atoms with van der Waals surface area (Å²) in [5.74, 6) is 0.699. The lowest BCUT2D eigenvalue weighted by molar-refractivity contribution is 0.216. The first-order valence-electron chi connectivity index (χ1n) is 7.31. The number of hydrogen-bond donors (Lipinski definition) is 2. The standard InChI is InChI=1S/C16H25N3O/c1-12-4-6-13(7-5-12)14-10-15(11-14)17-8-9-18-16(20)19(2)3/h4-7,14-15,17H,8-11H2,1-3H3,(H,18,20). The lowest BCUT2D eigenvalue weighted by Crippen LogP contribution is -2.44. The fourth-order valence-corrected chi connectivity index (χ4v) is 2.50. The molecule has 4 nitrogen and oxygen atoms in total. The van der Waals surface area contributed by atoms with Crippen LogP contribution in [0.15, 0.2) is 24.3 Å². The summed E-state index contributed by atoms with van der Waals surface area (Å²) >= 11 is 0. The van der Waals surface area contributed by atoms with E-state index in [0.717, 1.165) is 6.54 Å². The van der Waals surface area contributed by atoms with E-state index in [-0.39, 0.29) is 6.03 Å². The average molecular weight is 275 g/mol. The maximum absolute atomic E-state index is 11.3. The van der Waals surface area contributed by atoms with Crippen molar-refractivity contribution in [3.63, 3.8) is 0 Å². The Morgan fingerprint density at radius 1 is 1.20 bits per heavy atom. The van der Waals surface area contributed by atoms with Gasteiger partial charge in [-0.2, -0.15) is 0 Å². The molecule has 110 valence electrons. The van der Waals surface area contributed by atoms with Gasteiger partial charge in [-0.15, -0.1) is 0 Å². The Hall–Kier alpha value is -1.55. The van der Waals surface area contributed by atoms with Gasteiger partial charge >= 0.3 is 6.03 Å². The van der Waals surface area contributed by atoms with Gasteiger partial charge in [-0.3, -0.25) is 0 Å². The number of aryl methyl sites for hydroxylation is 1. The monoisotopic (exact) mass is 275 g/mol. The summed E-state index contributed by atoms with van der Waals surface area (Å²) in [7, 11) is 3.50. The van der Waals surface area contributed by atoms with Crippen molar-refractivity contribution in [2.75, 3.05) is 27.2 Å². The molecule has 2 N–H and O–H groups in total. The van der Waals surface area contributed by atoms with Gasteiger partial charge in [0.25, 0.3) is 0 Å². The van der Waals surface area contributed by atoms with Crippen molar-refractivity contribution in [2.45, 2.75) is 31.7 Å². The molecule has 1 aromatic rings. The van der Waals surface area contributed by atoms with E-state index < -0.39 is 0 Å². The lowest BCUT2D eigenvalue weighted by Gasteiger charge is -2.36. The van der Waals surface area contributed by atoms with Crippen molar-refractivity contribution >= 4 is 6.03 Å². The van der Waals surface area contributed by atoms with Gasteiger partial charge in [-0.1, -0.05) is 29.8 Å². The molecule has 1 aromatic carbocycles. The Bertz CT molecular complexity index is 436. The third-order valence-electron chi connectivity index (χ3n) is 3.93. The van der Waals surface area contributed by atoms with E-state index in [1.165, 1.54) is 24.0 Å². The van der Waals surface area contributed by atoms with E-state index in [4.69, 9.17) is 0 Å². The van der Waals surface area contributed by atoms with Gasteiger partial charge in [0, 0.05) is 33.2 Å². The molecule has 0 radical (unpaired) electrons. The van der Waals surface area contributed by atoms with Crippen LogP contribution >= 0.6 is 0 Å². The number of carbonyl (C=O) groups is 1. The number of nitrogens with one attached hydrogen (secondary N) is 2. The van der Waals surface area contributed by atoms with Crippen LogP contribution in [-0.4, -0.2) is 44.2 Å². The number of amides is 2. The summed E-state index contributed by atoms with van der Waals surface area (Å²) in [4.78, 5) is 12.9. The van der Waals surface area contributed by atoms with Crippen LogP contribution in [0.1, 0.15) is 29.9 Å². The summed E-state index contributed by atoms with van der Waals surface area (Å²) in [5, 5.41) is 6.35. The Labute approximate surface area is 121 Å². The molecule has 0 aliphatic heterocycles. The van der Waals surface area contributed by atoms with Crippen LogP contribution in [-0.2, 0) is 0 Å². The molecule has 2 rings (SSSR count). The molecule has 0 unspecified atom stereocenters. The van der Waals surface area contributed by atoms with E-state index in [9.17, 15) is 4.79 Å². The van der Waals surface area contributed by atoms with E-state index in [1.54, 1.807) is 19.0 Å². The summed E-state index contributed by atoms with van der Waals surface area (Å²) in [5.41, 5.74) is 2.77. The lowest BCUT2D eigenvalue weighted by atomic mass is 9.76. The molecule has 1 aliphatic rings. The van der Waals surface area contributed by atoms with Gasteiger partial charge in [0.2, 0.25) is 0 Å². The van der Waals surface area contributed by atoms with Gasteiger partial charge in [0.05, 0.1) is 0 Å². The van der Waals surface area contributed by atoms with Gasteiger partial charge in [0.1, 0.15) is 0 Å². The Morgan fingerprint density at radius 3 is 2.45 bits per heavy atom. The van der Waals surface area contributed by atoms with Crippen molar-refractivity contribution in [1.82, 2.24) is 15.5 Å². The first kappa shape index (κ1) is 14.9. The highest BCUT2D eigenvalue weighted by molar-refractivity contribution is 5.73. The Balaban J connectivity index is 1.60. The smallest absolute Gasteiger partial charge is 0.316 e. The predicted octanol–water partition coefficient (Wildman–Crippen LogP) is 2.10. The van der Waals surface area contributed by atoms with Crippen molar-refractivity contribution in [3.05, 3.63) is 35.4 Å². The fraction of sp³-hybridized carbons (Fsp3) is 0.562. The van der Waals surface area contributed by atoms with Gasteiger partial charge in [-0.05, 0) is 31.2 Å². The molecule has 20 heavy (non-hydrogen) atoms. The molecule has 2 amide bonds. The molecule has 1 fully saturated rings. The summed E-state index contributed by atoms with van der Waals surface area (Å²) < 4.78 is 0. The molecule has 0 saturated heterocycles. The molecule has 0 atom stereocenters. The van der Waals surface area contributed by atoms with Gasteiger partial charge in [0.15, 0.2) is 0 Å². The predicted molar refractivity (Wildman–Crippen MR) is 82.0 cm³/mol. The first-order chi connectivity index (χ1) is 9.56. The SMILES string of the molecule is Cc1ccc(C2CC(NCCNC(=O)N(C)C)C2)cc1. The Kier molecular flexibility index (Phi) is 5.01. The minimum atomic E-state index is -0.0297. The van der Waals surface area contributed by atoms with E-state index >= 15 is 0 Å². The zero-order valence-corrected chi connectivity index (χ0v) is 12.6. The summed E-state index contributed by atoms with van der Waals surface area (Å²) in [6.07, 6.45) is 2.40. The van der Waals surface area contributed by atoms with Crippen LogP contribution in [0, 0.1) is 6.92 Å². The quantitative estimate of drug-likeness (QED) is 0.808. The van der Waals surface area contributed by atoms with Gasteiger partial charge in [-0.25, -0.2) is 4.79 Å². The zero-order chi connectivity index (χ0) is 14.5. The van der Waals surface area contributed by atoms with E-state index in [0.29, 0.717) is 18.5 Å².